The number of likely N-dealkylation sites (N-methyl/N-ethyl adjacent to an activating group) is 1. The monoisotopic (exact) mass is 315 g/mol. The molecular formula is C14H13N5O4. The molecule has 1 unspecified atom stereocenters. The number of aliphatic hydroxyl groups is 1. The van der Waals surface area contributed by atoms with Crippen molar-refractivity contribution < 1.29 is 14.8 Å². The Hall–Kier alpha value is -3.25. The summed E-state index contributed by atoms with van der Waals surface area (Å²) in [4.78, 5) is 26.1. The highest BCUT2D eigenvalue weighted by atomic mass is 16.6. The number of amides is 1. The second-order valence-corrected chi connectivity index (χ2v) is 4.62. The largest absolute Gasteiger partial charge is 0.394 e. The number of fused-ring (bicyclic) bond motifs is 1. The number of nitrogens with one attached hydrogen (secondary N) is 2. The molecule has 9 heteroatoms. The smallest absolute Gasteiger partial charge is 0.270 e. The molecule has 3 N–H and O–H groups in total. The van der Waals surface area contributed by atoms with Crippen LogP contribution in [0.25, 0.3) is 10.9 Å². The van der Waals surface area contributed by atoms with E-state index in [0.29, 0.717) is 10.9 Å². The highest BCUT2D eigenvalue weighted by Crippen LogP contribution is 2.25. The second-order valence-electron chi connectivity index (χ2n) is 4.62. The lowest BCUT2D eigenvalue weighted by Gasteiger charge is -2.15. The Bertz CT molecular complexity index is 815. The average Bonchev–Trinajstić information content (AvgIpc) is 2.57. The van der Waals surface area contributed by atoms with E-state index in [1.54, 1.807) is 0 Å². The minimum Gasteiger partial charge on any atom is -0.394 e. The number of hydrogen-bond acceptors (Lipinski definition) is 7. The van der Waals surface area contributed by atoms with Crippen LogP contribution in [-0.2, 0) is 4.79 Å². The number of nitro benzene ring substituents is 1. The predicted molar refractivity (Wildman–Crippen MR) is 81.7 cm³/mol. The zero-order chi connectivity index (χ0) is 17.0. The van der Waals surface area contributed by atoms with E-state index >= 15 is 0 Å². The predicted octanol–water partition coefficient (Wildman–Crippen LogP) is 0.533. The van der Waals surface area contributed by atoms with Crippen LogP contribution in [0.4, 0.5) is 11.5 Å². The van der Waals surface area contributed by atoms with E-state index in [0.717, 1.165) is 0 Å². The third kappa shape index (κ3) is 3.33. The highest BCUT2D eigenvalue weighted by Gasteiger charge is 2.18. The molecule has 1 aromatic heterocycles. The number of aromatic nitrogens is 1. The quantitative estimate of drug-likeness (QED) is 0.540. The van der Waals surface area contributed by atoms with Crippen molar-refractivity contribution in [1.29, 1.82) is 5.26 Å². The molecule has 0 fully saturated rings. The van der Waals surface area contributed by atoms with Gasteiger partial charge in [0.1, 0.15) is 11.9 Å². The van der Waals surface area contributed by atoms with Crippen molar-refractivity contribution in [2.24, 2.45) is 0 Å². The van der Waals surface area contributed by atoms with Crippen LogP contribution in [0.2, 0.25) is 0 Å². The van der Waals surface area contributed by atoms with Crippen molar-refractivity contribution >= 4 is 28.3 Å². The third-order valence-electron chi connectivity index (χ3n) is 3.19. The van der Waals surface area contributed by atoms with E-state index in [2.05, 4.69) is 15.6 Å². The number of anilines is 1. The fraction of sp³-hybridized carbons (Fsp3) is 0.214. The lowest BCUT2D eigenvalue weighted by atomic mass is 10.1. The highest BCUT2D eigenvalue weighted by molar-refractivity contribution is 5.89. The van der Waals surface area contributed by atoms with Gasteiger partial charge in [-0.2, -0.15) is 5.26 Å². The van der Waals surface area contributed by atoms with E-state index in [9.17, 15) is 25.3 Å². The van der Waals surface area contributed by atoms with Crippen LogP contribution < -0.4 is 10.6 Å². The molecule has 23 heavy (non-hydrogen) atoms. The van der Waals surface area contributed by atoms with Gasteiger partial charge in [0.25, 0.3) is 5.69 Å². The zero-order valence-electron chi connectivity index (χ0n) is 12.1. The summed E-state index contributed by atoms with van der Waals surface area (Å²) >= 11 is 0. The van der Waals surface area contributed by atoms with Gasteiger partial charge in [-0.05, 0) is 12.1 Å². The fourth-order valence-electron chi connectivity index (χ4n) is 2.04. The number of nitrogens with zero attached hydrogens (tertiary/aromatic N) is 3. The summed E-state index contributed by atoms with van der Waals surface area (Å²) in [7, 11) is 1.43. The number of carbonyl (C=O) groups excluding carboxylic acids is 1. The van der Waals surface area contributed by atoms with Gasteiger partial charge in [-0.1, -0.05) is 0 Å². The van der Waals surface area contributed by atoms with E-state index in [-0.39, 0.29) is 17.1 Å². The Morgan fingerprint density at radius 3 is 2.83 bits per heavy atom. The zero-order valence-corrected chi connectivity index (χ0v) is 12.1. The summed E-state index contributed by atoms with van der Waals surface area (Å²) in [5.41, 5.74) is 0.399. The molecule has 1 amide bonds. The van der Waals surface area contributed by atoms with Crippen molar-refractivity contribution in [1.82, 2.24) is 10.3 Å². The van der Waals surface area contributed by atoms with E-state index in [4.69, 9.17) is 0 Å². The molecule has 1 atom stereocenters. The molecule has 0 spiro atoms. The first kappa shape index (κ1) is 16.1. The lowest BCUT2D eigenvalue weighted by molar-refractivity contribution is -0.384. The molecule has 0 bridgehead atoms. The number of pyridine rings is 1. The van der Waals surface area contributed by atoms with Crippen LogP contribution in [0.5, 0.6) is 0 Å². The van der Waals surface area contributed by atoms with Gasteiger partial charge in [-0.15, -0.1) is 0 Å². The van der Waals surface area contributed by atoms with Crippen molar-refractivity contribution in [2.45, 2.75) is 6.04 Å². The van der Waals surface area contributed by atoms with E-state index in [1.807, 2.05) is 6.07 Å². The number of non-ortho nitro benzene ring substituents is 1. The molecular weight excluding hydrogens is 302 g/mol. The second kappa shape index (κ2) is 6.67. The molecule has 1 heterocycles. The average molecular weight is 315 g/mol. The molecule has 0 aliphatic heterocycles. The molecule has 0 saturated heterocycles. The van der Waals surface area contributed by atoms with E-state index in [1.165, 1.54) is 31.3 Å². The number of hydrogen-bond donors (Lipinski definition) is 3. The summed E-state index contributed by atoms with van der Waals surface area (Å²) in [5, 5.41) is 34.7. The van der Waals surface area contributed by atoms with Crippen molar-refractivity contribution in [3.8, 4) is 6.07 Å². The Morgan fingerprint density at radius 2 is 2.26 bits per heavy atom. The van der Waals surface area contributed by atoms with Gasteiger partial charge in [0.15, 0.2) is 0 Å². The van der Waals surface area contributed by atoms with Crippen LogP contribution >= 0.6 is 0 Å². The number of benzene rings is 1. The molecule has 9 nitrogen and oxygen atoms in total. The minimum atomic E-state index is -0.922. The summed E-state index contributed by atoms with van der Waals surface area (Å²) < 4.78 is 0. The molecule has 1 aromatic carbocycles. The maximum absolute atomic E-state index is 11.6. The van der Waals surface area contributed by atoms with Gasteiger partial charge in [0.2, 0.25) is 5.91 Å². The Balaban J connectivity index is 2.48. The van der Waals surface area contributed by atoms with Gasteiger partial charge < -0.3 is 15.7 Å². The Kier molecular flexibility index (Phi) is 4.68. The first-order valence-electron chi connectivity index (χ1n) is 6.58. The maximum Gasteiger partial charge on any atom is 0.270 e. The Labute approximate surface area is 130 Å². The molecule has 2 aromatic rings. The summed E-state index contributed by atoms with van der Waals surface area (Å²) in [6.45, 7) is -0.457. The minimum absolute atomic E-state index is 0.143. The first-order valence-corrected chi connectivity index (χ1v) is 6.58. The first-order chi connectivity index (χ1) is 11.0. The number of nitriles is 1. The topological polar surface area (TPSA) is 141 Å². The van der Waals surface area contributed by atoms with Crippen LogP contribution in [0.15, 0.2) is 24.3 Å². The maximum atomic E-state index is 11.6. The number of aliphatic hydroxyl groups excluding tert-OH is 1. The van der Waals surface area contributed by atoms with E-state index < -0.39 is 23.5 Å². The van der Waals surface area contributed by atoms with Gasteiger partial charge in [-0.25, -0.2) is 4.98 Å². The van der Waals surface area contributed by atoms with Crippen LogP contribution in [0, 0.1) is 21.4 Å². The lowest BCUT2D eigenvalue weighted by Crippen LogP contribution is -2.40. The molecule has 0 saturated carbocycles. The summed E-state index contributed by atoms with van der Waals surface area (Å²) in [6, 6.07) is 6.37. The summed E-state index contributed by atoms with van der Waals surface area (Å²) in [6.07, 6.45) is 0. The molecule has 2 rings (SSSR count). The van der Waals surface area contributed by atoms with Gasteiger partial charge in [0, 0.05) is 24.6 Å². The Morgan fingerprint density at radius 1 is 1.52 bits per heavy atom. The van der Waals surface area contributed by atoms with Gasteiger partial charge >= 0.3 is 0 Å². The number of rotatable bonds is 5. The molecule has 0 aliphatic carbocycles. The summed E-state index contributed by atoms with van der Waals surface area (Å²) in [5.74, 6) is -0.220. The van der Waals surface area contributed by atoms with Gasteiger partial charge in [-0.3, -0.25) is 14.9 Å². The van der Waals surface area contributed by atoms with Crippen LogP contribution in [0.3, 0.4) is 0 Å². The van der Waals surface area contributed by atoms with Crippen molar-refractivity contribution in [3.05, 3.63) is 39.9 Å². The molecule has 0 radical (unpaired) electrons. The third-order valence-corrected chi connectivity index (χ3v) is 3.19. The van der Waals surface area contributed by atoms with Crippen LogP contribution in [-0.4, -0.2) is 40.6 Å². The molecule has 0 aliphatic rings. The molecule has 118 valence electrons. The standard InChI is InChI=1S/C14H13N5O4/c1-16-14(21)12(7-20)18-13-4-8(6-15)10-5-9(19(22)23)2-3-11(10)17-13/h2-5,12,20H,7H2,1H3,(H,16,21)(H,17,18). The fourth-order valence-corrected chi connectivity index (χ4v) is 2.04. The van der Waals surface area contributed by atoms with Crippen LogP contribution in [0.1, 0.15) is 5.56 Å². The van der Waals surface area contributed by atoms with Gasteiger partial charge in [0.05, 0.1) is 28.7 Å². The van der Waals surface area contributed by atoms with Crippen molar-refractivity contribution in [3.63, 3.8) is 0 Å². The SMILES string of the molecule is CNC(=O)C(CO)Nc1cc(C#N)c2cc([N+](=O)[O-])ccc2n1. The van der Waals surface area contributed by atoms with Crippen molar-refractivity contribution in [2.75, 3.05) is 19.0 Å². The normalized spacial score (nSPS) is 11.5. The number of nitro groups is 1. The number of carbonyl (C=O) groups is 1.